The highest BCUT2D eigenvalue weighted by molar-refractivity contribution is 9.10. The molecule has 3 aromatic rings. The summed E-state index contributed by atoms with van der Waals surface area (Å²) in [6.45, 7) is 2.49. The molecule has 4 heteroatoms. The lowest BCUT2D eigenvalue weighted by Crippen LogP contribution is -2.29. The van der Waals surface area contributed by atoms with Gasteiger partial charge in [-0.15, -0.1) is 0 Å². The van der Waals surface area contributed by atoms with E-state index in [1.165, 1.54) is 0 Å². The number of carbonyl (C=O) groups is 1. The molecule has 0 heterocycles. The maximum atomic E-state index is 12.8. The van der Waals surface area contributed by atoms with Crippen LogP contribution in [-0.2, 0) is 0 Å². The minimum atomic E-state index is -0.229. The van der Waals surface area contributed by atoms with Crippen LogP contribution in [0.4, 0.5) is 0 Å². The molecule has 3 aromatic carbocycles. The Morgan fingerprint density at radius 3 is 2.35 bits per heavy atom. The standard InChI is InChI=1S/C22H20BrNO2/c1-2-26-20-10-6-9-18(15-20)22(25)24-21(16-7-4-3-5-8-16)17-11-13-19(23)14-12-17/h3-15,21H,2H2,1H3,(H,24,25)/t21-/m1/s1. The van der Waals surface area contributed by atoms with Crippen molar-refractivity contribution in [3.63, 3.8) is 0 Å². The fraction of sp³-hybridized carbons (Fsp3) is 0.136. The van der Waals surface area contributed by atoms with E-state index < -0.39 is 0 Å². The van der Waals surface area contributed by atoms with Crippen LogP contribution >= 0.6 is 15.9 Å². The lowest BCUT2D eigenvalue weighted by molar-refractivity contribution is 0.0942. The van der Waals surface area contributed by atoms with E-state index in [0.717, 1.165) is 15.6 Å². The summed E-state index contributed by atoms with van der Waals surface area (Å²) in [6.07, 6.45) is 0. The molecule has 0 aliphatic heterocycles. The van der Waals surface area contributed by atoms with Crippen LogP contribution < -0.4 is 10.1 Å². The molecule has 3 nitrogen and oxygen atoms in total. The molecule has 1 N–H and O–H groups in total. The van der Waals surface area contributed by atoms with Crippen molar-refractivity contribution >= 4 is 21.8 Å². The third kappa shape index (κ3) is 4.52. The first-order valence-corrected chi connectivity index (χ1v) is 9.31. The van der Waals surface area contributed by atoms with Crippen molar-refractivity contribution in [1.82, 2.24) is 5.32 Å². The minimum Gasteiger partial charge on any atom is -0.494 e. The lowest BCUT2D eigenvalue weighted by atomic mass is 9.98. The Morgan fingerprint density at radius 2 is 1.65 bits per heavy atom. The molecule has 0 aliphatic carbocycles. The maximum Gasteiger partial charge on any atom is 0.252 e. The monoisotopic (exact) mass is 409 g/mol. The van der Waals surface area contributed by atoms with Gasteiger partial charge in [0.05, 0.1) is 12.6 Å². The van der Waals surface area contributed by atoms with Crippen molar-refractivity contribution < 1.29 is 9.53 Å². The summed E-state index contributed by atoms with van der Waals surface area (Å²) in [4.78, 5) is 12.8. The number of benzene rings is 3. The molecule has 0 saturated carbocycles. The number of rotatable bonds is 6. The van der Waals surface area contributed by atoms with Crippen LogP contribution in [0.25, 0.3) is 0 Å². The molecule has 3 rings (SSSR count). The fourth-order valence-corrected chi connectivity index (χ4v) is 3.03. The van der Waals surface area contributed by atoms with Crippen molar-refractivity contribution in [1.29, 1.82) is 0 Å². The van der Waals surface area contributed by atoms with E-state index >= 15 is 0 Å². The Balaban J connectivity index is 1.89. The Bertz CT molecular complexity index is 863. The van der Waals surface area contributed by atoms with Crippen LogP contribution in [0.15, 0.2) is 83.3 Å². The summed E-state index contributed by atoms with van der Waals surface area (Å²) in [5.74, 6) is 0.559. The second-order valence-electron chi connectivity index (χ2n) is 5.83. The summed E-state index contributed by atoms with van der Waals surface area (Å²) < 4.78 is 6.50. The van der Waals surface area contributed by atoms with E-state index in [9.17, 15) is 4.79 Å². The number of ether oxygens (including phenoxy) is 1. The zero-order valence-electron chi connectivity index (χ0n) is 14.5. The summed E-state index contributed by atoms with van der Waals surface area (Å²) in [5, 5.41) is 3.14. The number of nitrogens with one attached hydrogen (secondary N) is 1. The van der Waals surface area contributed by atoms with E-state index in [2.05, 4.69) is 21.2 Å². The summed E-state index contributed by atoms with van der Waals surface area (Å²) in [6, 6.07) is 24.9. The molecule has 0 radical (unpaired) electrons. The Kier molecular flexibility index (Phi) is 6.08. The molecule has 1 atom stereocenters. The van der Waals surface area contributed by atoms with Gasteiger partial charge in [0.1, 0.15) is 5.75 Å². The van der Waals surface area contributed by atoms with Crippen LogP contribution in [0.5, 0.6) is 5.75 Å². The first kappa shape index (κ1) is 18.2. The van der Waals surface area contributed by atoms with Gasteiger partial charge in [0.2, 0.25) is 0 Å². The van der Waals surface area contributed by atoms with Crippen LogP contribution in [0.2, 0.25) is 0 Å². The third-order valence-corrected chi connectivity index (χ3v) is 4.55. The van der Waals surface area contributed by atoms with E-state index in [1.807, 2.05) is 73.7 Å². The average Bonchev–Trinajstić information content (AvgIpc) is 2.68. The Hall–Kier alpha value is -2.59. The van der Waals surface area contributed by atoms with Gasteiger partial charge < -0.3 is 10.1 Å². The van der Waals surface area contributed by atoms with Crippen molar-refractivity contribution in [2.75, 3.05) is 6.61 Å². The van der Waals surface area contributed by atoms with E-state index in [0.29, 0.717) is 17.9 Å². The van der Waals surface area contributed by atoms with Crippen LogP contribution in [-0.4, -0.2) is 12.5 Å². The highest BCUT2D eigenvalue weighted by Gasteiger charge is 2.18. The lowest BCUT2D eigenvalue weighted by Gasteiger charge is -2.20. The quantitative estimate of drug-likeness (QED) is 0.594. The van der Waals surface area contributed by atoms with Crippen molar-refractivity contribution in [2.45, 2.75) is 13.0 Å². The number of hydrogen-bond donors (Lipinski definition) is 1. The SMILES string of the molecule is CCOc1cccc(C(=O)N[C@H](c2ccccc2)c2ccc(Br)cc2)c1. The molecule has 0 aliphatic rings. The predicted molar refractivity (Wildman–Crippen MR) is 108 cm³/mol. The highest BCUT2D eigenvalue weighted by Crippen LogP contribution is 2.24. The van der Waals surface area contributed by atoms with E-state index in [1.54, 1.807) is 12.1 Å². The van der Waals surface area contributed by atoms with Gasteiger partial charge in [0.15, 0.2) is 0 Å². The molecule has 0 spiro atoms. The van der Waals surface area contributed by atoms with Gasteiger partial charge in [0, 0.05) is 10.0 Å². The molecule has 0 unspecified atom stereocenters. The molecule has 0 fully saturated rings. The molecular formula is C22H20BrNO2. The Morgan fingerprint density at radius 1 is 0.962 bits per heavy atom. The molecule has 132 valence electrons. The topological polar surface area (TPSA) is 38.3 Å². The normalized spacial score (nSPS) is 11.6. The summed E-state index contributed by atoms with van der Waals surface area (Å²) >= 11 is 3.46. The smallest absolute Gasteiger partial charge is 0.252 e. The molecule has 26 heavy (non-hydrogen) atoms. The van der Waals surface area contributed by atoms with Gasteiger partial charge in [-0.05, 0) is 48.4 Å². The predicted octanol–water partition coefficient (Wildman–Crippen LogP) is 5.37. The maximum absolute atomic E-state index is 12.8. The van der Waals surface area contributed by atoms with Gasteiger partial charge >= 0.3 is 0 Å². The zero-order valence-corrected chi connectivity index (χ0v) is 16.1. The molecule has 1 amide bonds. The molecule has 0 saturated heterocycles. The second-order valence-corrected chi connectivity index (χ2v) is 6.75. The minimum absolute atomic E-state index is 0.136. The fourth-order valence-electron chi connectivity index (χ4n) is 2.77. The van der Waals surface area contributed by atoms with Gasteiger partial charge in [-0.25, -0.2) is 0 Å². The largest absolute Gasteiger partial charge is 0.494 e. The first-order chi connectivity index (χ1) is 12.7. The number of amides is 1. The average molecular weight is 410 g/mol. The molecule has 0 aromatic heterocycles. The van der Waals surface area contributed by atoms with E-state index in [4.69, 9.17) is 4.74 Å². The molecular weight excluding hydrogens is 390 g/mol. The van der Waals surface area contributed by atoms with Crippen molar-refractivity contribution in [3.8, 4) is 5.75 Å². The van der Waals surface area contributed by atoms with Crippen LogP contribution in [0.3, 0.4) is 0 Å². The van der Waals surface area contributed by atoms with Gasteiger partial charge in [-0.1, -0.05) is 64.5 Å². The zero-order chi connectivity index (χ0) is 18.4. The molecule has 0 bridgehead atoms. The van der Waals surface area contributed by atoms with Gasteiger partial charge in [-0.3, -0.25) is 4.79 Å². The number of hydrogen-bond acceptors (Lipinski definition) is 2. The van der Waals surface area contributed by atoms with E-state index in [-0.39, 0.29) is 11.9 Å². The summed E-state index contributed by atoms with van der Waals surface area (Å²) in [5.41, 5.74) is 2.63. The summed E-state index contributed by atoms with van der Waals surface area (Å²) in [7, 11) is 0. The van der Waals surface area contributed by atoms with Crippen LogP contribution in [0, 0.1) is 0 Å². The van der Waals surface area contributed by atoms with Gasteiger partial charge in [0.25, 0.3) is 5.91 Å². The van der Waals surface area contributed by atoms with Crippen molar-refractivity contribution in [2.24, 2.45) is 0 Å². The Labute approximate surface area is 162 Å². The van der Waals surface area contributed by atoms with Crippen molar-refractivity contribution in [3.05, 3.63) is 100 Å². The second kappa shape index (κ2) is 8.68. The number of carbonyl (C=O) groups excluding carboxylic acids is 1. The highest BCUT2D eigenvalue weighted by atomic mass is 79.9. The third-order valence-electron chi connectivity index (χ3n) is 4.02. The van der Waals surface area contributed by atoms with Crippen LogP contribution in [0.1, 0.15) is 34.5 Å². The van der Waals surface area contributed by atoms with Gasteiger partial charge in [-0.2, -0.15) is 0 Å². The first-order valence-electron chi connectivity index (χ1n) is 8.51. The number of halogens is 1.